The smallest absolute Gasteiger partial charge is 0.350 e. The minimum absolute atomic E-state index is 0.0356. The van der Waals surface area contributed by atoms with E-state index in [2.05, 4.69) is 25.8 Å². The fraction of sp³-hybridized carbons (Fsp3) is 0.286. The van der Waals surface area contributed by atoms with Gasteiger partial charge in [0.25, 0.3) is 5.91 Å². The number of fused-ring (bicyclic) bond motifs is 1. The van der Waals surface area contributed by atoms with Gasteiger partial charge in [0.2, 0.25) is 0 Å². The molecule has 1 aromatic heterocycles. The third-order valence-corrected chi connectivity index (χ3v) is 5.66. The Morgan fingerprint density at radius 1 is 1.00 bits per heavy atom. The molecule has 0 saturated carbocycles. The maximum atomic E-state index is 12.8. The first-order chi connectivity index (χ1) is 13.8. The number of aromatic amines is 1. The van der Waals surface area contributed by atoms with Crippen LogP contribution in [0.4, 0.5) is 13.2 Å². The largest absolute Gasteiger partial charge is 0.416 e. The zero-order valence-corrected chi connectivity index (χ0v) is 17.1. The van der Waals surface area contributed by atoms with Gasteiger partial charge in [0, 0.05) is 48.1 Å². The number of aromatic nitrogens is 1. The van der Waals surface area contributed by atoms with E-state index >= 15 is 0 Å². The number of rotatable bonds is 3. The van der Waals surface area contributed by atoms with Crippen molar-refractivity contribution in [3.05, 3.63) is 69.8 Å². The Hall–Kier alpha value is -2.32. The van der Waals surface area contributed by atoms with Gasteiger partial charge in [0.15, 0.2) is 0 Å². The number of piperazine rings is 1. The second kappa shape index (κ2) is 7.84. The van der Waals surface area contributed by atoms with Crippen LogP contribution < -0.4 is 0 Å². The monoisotopic (exact) mass is 465 g/mol. The summed E-state index contributed by atoms with van der Waals surface area (Å²) in [6, 6.07) is 12.9. The molecule has 0 bridgehead atoms. The molecule has 29 heavy (non-hydrogen) atoms. The third kappa shape index (κ3) is 4.48. The molecule has 1 fully saturated rings. The lowest BCUT2D eigenvalue weighted by Crippen LogP contribution is -2.48. The van der Waals surface area contributed by atoms with Crippen molar-refractivity contribution in [1.29, 1.82) is 0 Å². The van der Waals surface area contributed by atoms with Gasteiger partial charge in [0.05, 0.1) is 5.56 Å². The number of H-pyrrole nitrogens is 1. The molecule has 1 aliphatic heterocycles. The standard InChI is InChI=1S/C21H19BrF3N3O/c22-17-6-3-15-11-19(26-18(15)12-17)20(29)28-9-7-27(8-10-28)13-14-1-4-16(5-2-14)21(23,24)25/h1-6,11-12,26H,7-10,13H2. The number of nitrogens with one attached hydrogen (secondary N) is 1. The third-order valence-electron chi connectivity index (χ3n) is 5.16. The van der Waals surface area contributed by atoms with E-state index in [1.807, 2.05) is 29.2 Å². The van der Waals surface area contributed by atoms with Crippen LogP contribution in [0.5, 0.6) is 0 Å². The zero-order chi connectivity index (χ0) is 20.6. The van der Waals surface area contributed by atoms with Crippen LogP contribution in [0.1, 0.15) is 21.6 Å². The highest BCUT2D eigenvalue weighted by Crippen LogP contribution is 2.29. The molecule has 4 nitrogen and oxygen atoms in total. The molecule has 152 valence electrons. The minimum atomic E-state index is -4.32. The number of carbonyl (C=O) groups is 1. The van der Waals surface area contributed by atoms with E-state index < -0.39 is 11.7 Å². The highest BCUT2D eigenvalue weighted by atomic mass is 79.9. The van der Waals surface area contributed by atoms with Gasteiger partial charge in [-0.1, -0.05) is 34.1 Å². The van der Waals surface area contributed by atoms with Gasteiger partial charge < -0.3 is 9.88 Å². The number of alkyl halides is 3. The van der Waals surface area contributed by atoms with Crippen molar-refractivity contribution in [3.63, 3.8) is 0 Å². The summed E-state index contributed by atoms with van der Waals surface area (Å²) < 4.78 is 39.0. The fourth-order valence-corrected chi connectivity index (χ4v) is 3.91. The molecule has 0 spiro atoms. The average molecular weight is 466 g/mol. The van der Waals surface area contributed by atoms with E-state index in [9.17, 15) is 18.0 Å². The van der Waals surface area contributed by atoms with Gasteiger partial charge in [-0.2, -0.15) is 13.2 Å². The van der Waals surface area contributed by atoms with Gasteiger partial charge in [-0.15, -0.1) is 0 Å². The lowest BCUT2D eigenvalue weighted by molar-refractivity contribution is -0.137. The van der Waals surface area contributed by atoms with Crippen LogP contribution in [0.2, 0.25) is 0 Å². The molecule has 2 aromatic carbocycles. The fourth-order valence-electron chi connectivity index (χ4n) is 3.55. The SMILES string of the molecule is O=C(c1cc2ccc(Br)cc2[nH]1)N1CCN(Cc2ccc(C(F)(F)F)cc2)CC1. The maximum absolute atomic E-state index is 12.8. The molecular weight excluding hydrogens is 447 g/mol. The van der Waals surface area contributed by atoms with E-state index in [0.717, 1.165) is 33.1 Å². The lowest BCUT2D eigenvalue weighted by atomic mass is 10.1. The summed E-state index contributed by atoms with van der Waals surface area (Å²) in [7, 11) is 0. The first kappa shape index (κ1) is 20.0. The van der Waals surface area contributed by atoms with Crippen LogP contribution in [-0.2, 0) is 12.7 Å². The van der Waals surface area contributed by atoms with Crippen molar-refractivity contribution in [2.24, 2.45) is 0 Å². The number of nitrogens with zero attached hydrogens (tertiary/aromatic N) is 2. The zero-order valence-electron chi connectivity index (χ0n) is 15.5. The van der Waals surface area contributed by atoms with E-state index in [0.29, 0.717) is 38.4 Å². The second-order valence-corrected chi connectivity index (χ2v) is 8.09. The van der Waals surface area contributed by atoms with Crippen LogP contribution in [0, 0.1) is 0 Å². The topological polar surface area (TPSA) is 39.3 Å². The summed E-state index contributed by atoms with van der Waals surface area (Å²) in [5, 5.41) is 0.984. The first-order valence-corrected chi connectivity index (χ1v) is 10.0. The Balaban J connectivity index is 1.35. The molecule has 1 saturated heterocycles. The number of hydrogen-bond acceptors (Lipinski definition) is 2. The molecule has 1 amide bonds. The molecule has 0 aliphatic carbocycles. The molecule has 0 unspecified atom stereocenters. The predicted octanol–water partition coefficient (Wildman–Crippen LogP) is 4.91. The first-order valence-electron chi connectivity index (χ1n) is 9.26. The second-order valence-electron chi connectivity index (χ2n) is 7.18. The number of carbonyl (C=O) groups excluding carboxylic acids is 1. The summed E-state index contributed by atoms with van der Waals surface area (Å²) in [5.74, 6) is -0.0356. The quantitative estimate of drug-likeness (QED) is 0.596. The molecule has 3 aromatic rings. The normalized spacial score (nSPS) is 15.8. The van der Waals surface area contributed by atoms with Crippen LogP contribution in [0.15, 0.2) is 53.0 Å². The summed E-state index contributed by atoms with van der Waals surface area (Å²) >= 11 is 3.43. The van der Waals surface area contributed by atoms with Crippen LogP contribution in [0.25, 0.3) is 10.9 Å². The van der Waals surface area contributed by atoms with Crippen molar-refractivity contribution in [2.45, 2.75) is 12.7 Å². The highest BCUT2D eigenvalue weighted by molar-refractivity contribution is 9.10. The minimum Gasteiger partial charge on any atom is -0.350 e. The summed E-state index contributed by atoms with van der Waals surface area (Å²) in [4.78, 5) is 19.9. The van der Waals surface area contributed by atoms with E-state index in [1.54, 1.807) is 0 Å². The molecule has 0 atom stereocenters. The molecular formula is C21H19BrF3N3O. The van der Waals surface area contributed by atoms with Gasteiger partial charge >= 0.3 is 6.18 Å². The predicted molar refractivity (Wildman–Crippen MR) is 109 cm³/mol. The van der Waals surface area contributed by atoms with Crippen molar-refractivity contribution in [2.75, 3.05) is 26.2 Å². The van der Waals surface area contributed by atoms with Crippen LogP contribution >= 0.6 is 15.9 Å². The number of benzene rings is 2. The summed E-state index contributed by atoms with van der Waals surface area (Å²) in [6.45, 7) is 3.09. The molecule has 1 N–H and O–H groups in total. The van der Waals surface area contributed by atoms with Gasteiger partial charge in [0.1, 0.15) is 5.69 Å². The van der Waals surface area contributed by atoms with Gasteiger partial charge in [-0.25, -0.2) is 0 Å². The Labute approximate surface area is 174 Å². The number of hydrogen-bond donors (Lipinski definition) is 1. The Morgan fingerprint density at radius 2 is 1.69 bits per heavy atom. The Morgan fingerprint density at radius 3 is 2.34 bits per heavy atom. The van der Waals surface area contributed by atoms with E-state index in [1.165, 1.54) is 12.1 Å². The van der Waals surface area contributed by atoms with Crippen molar-refractivity contribution < 1.29 is 18.0 Å². The van der Waals surface area contributed by atoms with Crippen LogP contribution in [-0.4, -0.2) is 46.9 Å². The van der Waals surface area contributed by atoms with Crippen LogP contribution in [0.3, 0.4) is 0 Å². The van der Waals surface area contributed by atoms with Crippen molar-refractivity contribution in [1.82, 2.24) is 14.8 Å². The van der Waals surface area contributed by atoms with E-state index in [4.69, 9.17) is 0 Å². The summed E-state index contributed by atoms with van der Waals surface area (Å²) in [5.41, 5.74) is 1.67. The number of halogens is 4. The van der Waals surface area contributed by atoms with Gasteiger partial charge in [-0.3, -0.25) is 9.69 Å². The molecule has 2 heterocycles. The number of amides is 1. The highest BCUT2D eigenvalue weighted by Gasteiger charge is 2.30. The molecule has 1 aliphatic rings. The van der Waals surface area contributed by atoms with Gasteiger partial charge in [-0.05, 0) is 35.9 Å². The molecule has 8 heteroatoms. The lowest BCUT2D eigenvalue weighted by Gasteiger charge is -2.34. The molecule has 4 rings (SSSR count). The van der Waals surface area contributed by atoms with Crippen molar-refractivity contribution in [3.8, 4) is 0 Å². The van der Waals surface area contributed by atoms with E-state index in [-0.39, 0.29) is 5.91 Å². The molecule has 0 radical (unpaired) electrons. The Kier molecular flexibility index (Phi) is 5.40. The van der Waals surface area contributed by atoms with Crippen molar-refractivity contribution >= 4 is 32.7 Å². The summed E-state index contributed by atoms with van der Waals surface area (Å²) in [6.07, 6.45) is -4.32. The average Bonchev–Trinajstić information content (AvgIpc) is 3.11. The Bertz CT molecular complexity index is 1020. The maximum Gasteiger partial charge on any atom is 0.416 e.